The fraction of sp³-hybridized carbons (Fsp3) is 0.391. The van der Waals surface area contributed by atoms with Gasteiger partial charge in [0.05, 0.1) is 0 Å². The quantitative estimate of drug-likeness (QED) is 0.665. The first-order valence-electron chi connectivity index (χ1n) is 9.65. The molecule has 0 bridgehead atoms. The predicted octanol–water partition coefficient (Wildman–Crippen LogP) is 3.40. The number of aliphatic hydroxyl groups excluding tert-OH is 1. The molecule has 1 atom stereocenters. The molecule has 2 N–H and O–H groups in total. The van der Waals surface area contributed by atoms with Crippen LogP contribution in [0.25, 0.3) is 0 Å². The Kier molecular flexibility index (Phi) is 8.21. The summed E-state index contributed by atoms with van der Waals surface area (Å²) in [6, 6.07) is 16.0. The SMILES string of the molecule is CC(C)(C)OC(=O)N[C@@H](Cc1ccc(CCO)cc1)C(=O)OCc1ccccc1. The first-order chi connectivity index (χ1) is 13.8. The van der Waals surface area contributed by atoms with E-state index in [0.29, 0.717) is 6.42 Å². The lowest BCUT2D eigenvalue weighted by molar-refractivity contribution is -0.147. The third-order valence-electron chi connectivity index (χ3n) is 4.06. The second kappa shape index (κ2) is 10.6. The monoisotopic (exact) mass is 399 g/mol. The minimum absolute atomic E-state index is 0.0774. The maximum Gasteiger partial charge on any atom is 0.408 e. The van der Waals surface area contributed by atoms with Crippen molar-refractivity contribution in [1.29, 1.82) is 0 Å². The third kappa shape index (κ3) is 8.35. The lowest BCUT2D eigenvalue weighted by Gasteiger charge is -2.23. The number of carbonyl (C=O) groups is 2. The predicted molar refractivity (Wildman–Crippen MR) is 110 cm³/mol. The zero-order valence-corrected chi connectivity index (χ0v) is 17.2. The molecule has 6 heteroatoms. The Balaban J connectivity index is 2.06. The summed E-state index contributed by atoms with van der Waals surface area (Å²) in [5, 5.41) is 11.7. The van der Waals surface area contributed by atoms with Crippen molar-refractivity contribution in [3.63, 3.8) is 0 Å². The second-order valence-electron chi connectivity index (χ2n) is 7.79. The van der Waals surface area contributed by atoms with Crippen LogP contribution in [0.3, 0.4) is 0 Å². The summed E-state index contributed by atoms with van der Waals surface area (Å²) in [7, 11) is 0. The van der Waals surface area contributed by atoms with Crippen LogP contribution in [0.1, 0.15) is 37.5 Å². The van der Waals surface area contributed by atoms with Crippen molar-refractivity contribution in [3.05, 3.63) is 71.3 Å². The fourth-order valence-corrected chi connectivity index (χ4v) is 2.68. The number of alkyl carbamates (subject to hydrolysis) is 1. The Bertz CT molecular complexity index is 781. The summed E-state index contributed by atoms with van der Waals surface area (Å²) in [5.41, 5.74) is 2.06. The fourth-order valence-electron chi connectivity index (χ4n) is 2.68. The van der Waals surface area contributed by atoms with Crippen LogP contribution in [-0.2, 0) is 33.7 Å². The van der Waals surface area contributed by atoms with Crippen LogP contribution >= 0.6 is 0 Å². The summed E-state index contributed by atoms with van der Waals surface area (Å²) >= 11 is 0. The van der Waals surface area contributed by atoms with E-state index in [0.717, 1.165) is 16.7 Å². The van der Waals surface area contributed by atoms with Crippen LogP contribution in [0.4, 0.5) is 4.79 Å². The summed E-state index contributed by atoms with van der Waals surface area (Å²) in [5.74, 6) is -0.529. The van der Waals surface area contributed by atoms with Gasteiger partial charge in [0, 0.05) is 13.0 Å². The summed E-state index contributed by atoms with van der Waals surface area (Å²) in [6.07, 6.45) is 0.168. The average molecular weight is 399 g/mol. The van der Waals surface area contributed by atoms with Gasteiger partial charge in [-0.25, -0.2) is 9.59 Å². The molecule has 0 fully saturated rings. The minimum atomic E-state index is -0.878. The molecule has 0 unspecified atom stereocenters. The van der Waals surface area contributed by atoms with Crippen molar-refractivity contribution in [3.8, 4) is 0 Å². The first kappa shape index (κ1) is 22.4. The van der Waals surface area contributed by atoms with E-state index < -0.39 is 23.7 Å². The van der Waals surface area contributed by atoms with Crippen LogP contribution in [-0.4, -0.2) is 35.4 Å². The highest BCUT2D eigenvalue weighted by Crippen LogP contribution is 2.12. The molecule has 1 amide bonds. The molecule has 0 aliphatic rings. The van der Waals surface area contributed by atoms with Crippen molar-refractivity contribution in [2.24, 2.45) is 0 Å². The molecular formula is C23H29NO5. The molecular weight excluding hydrogens is 370 g/mol. The second-order valence-corrected chi connectivity index (χ2v) is 7.79. The maximum absolute atomic E-state index is 12.7. The smallest absolute Gasteiger partial charge is 0.408 e. The number of esters is 1. The first-order valence-corrected chi connectivity index (χ1v) is 9.65. The van der Waals surface area contributed by atoms with Crippen LogP contribution in [0.15, 0.2) is 54.6 Å². The van der Waals surface area contributed by atoms with Crippen LogP contribution in [0, 0.1) is 0 Å². The number of benzene rings is 2. The molecule has 0 saturated carbocycles. The van der Waals surface area contributed by atoms with E-state index in [1.807, 2.05) is 54.6 Å². The molecule has 2 rings (SSSR count). The van der Waals surface area contributed by atoms with Crippen molar-refractivity contribution in [1.82, 2.24) is 5.32 Å². The Labute approximate surface area is 171 Å². The Morgan fingerprint density at radius 1 is 0.966 bits per heavy atom. The highest BCUT2D eigenvalue weighted by molar-refractivity contribution is 5.81. The number of carbonyl (C=O) groups excluding carboxylic acids is 2. The topological polar surface area (TPSA) is 84.9 Å². The molecule has 6 nitrogen and oxygen atoms in total. The number of hydrogen-bond acceptors (Lipinski definition) is 5. The number of rotatable bonds is 8. The van der Waals surface area contributed by atoms with E-state index in [1.165, 1.54) is 0 Å². The van der Waals surface area contributed by atoms with Gasteiger partial charge in [-0.3, -0.25) is 0 Å². The van der Waals surface area contributed by atoms with E-state index in [4.69, 9.17) is 14.6 Å². The standard InChI is InChI=1S/C23H29NO5/c1-23(2,3)29-22(27)24-20(15-18-11-9-17(10-12-18)13-14-25)21(26)28-16-19-7-5-4-6-8-19/h4-12,20,25H,13-16H2,1-3H3,(H,24,27)/t20-/m0/s1. The van der Waals surface area contributed by atoms with Crippen molar-refractivity contribution in [2.45, 2.75) is 51.9 Å². The highest BCUT2D eigenvalue weighted by Gasteiger charge is 2.26. The molecule has 0 spiro atoms. The molecule has 0 saturated heterocycles. The van der Waals surface area contributed by atoms with E-state index in [1.54, 1.807) is 20.8 Å². The zero-order valence-electron chi connectivity index (χ0n) is 17.2. The van der Waals surface area contributed by atoms with Gasteiger partial charge >= 0.3 is 12.1 Å². The number of hydrogen-bond donors (Lipinski definition) is 2. The van der Waals surface area contributed by atoms with Crippen molar-refractivity contribution >= 4 is 12.1 Å². The molecule has 156 valence electrons. The lowest BCUT2D eigenvalue weighted by atomic mass is 10.0. The normalized spacial score (nSPS) is 12.1. The molecule has 0 aliphatic carbocycles. The molecule has 2 aromatic rings. The lowest BCUT2D eigenvalue weighted by Crippen LogP contribution is -2.45. The van der Waals surface area contributed by atoms with Gasteiger partial charge in [0.15, 0.2) is 0 Å². The van der Waals surface area contributed by atoms with Gasteiger partial charge in [0.25, 0.3) is 0 Å². The van der Waals surface area contributed by atoms with E-state index in [2.05, 4.69) is 5.32 Å². The summed E-state index contributed by atoms with van der Waals surface area (Å²) in [4.78, 5) is 24.9. The number of ether oxygens (including phenoxy) is 2. The van der Waals surface area contributed by atoms with E-state index >= 15 is 0 Å². The Hall–Kier alpha value is -2.86. The van der Waals surface area contributed by atoms with Crippen LogP contribution < -0.4 is 5.32 Å². The average Bonchev–Trinajstić information content (AvgIpc) is 2.66. The molecule has 0 radical (unpaired) electrons. The van der Waals surface area contributed by atoms with E-state index in [9.17, 15) is 9.59 Å². The van der Waals surface area contributed by atoms with Gasteiger partial charge in [-0.2, -0.15) is 0 Å². The maximum atomic E-state index is 12.7. The summed E-state index contributed by atoms with van der Waals surface area (Å²) < 4.78 is 10.7. The molecule has 0 heterocycles. The largest absolute Gasteiger partial charge is 0.459 e. The molecule has 0 aromatic heterocycles. The van der Waals surface area contributed by atoms with E-state index in [-0.39, 0.29) is 19.6 Å². The molecule has 2 aromatic carbocycles. The van der Waals surface area contributed by atoms with Crippen LogP contribution in [0.2, 0.25) is 0 Å². The van der Waals surface area contributed by atoms with Gasteiger partial charge in [0.1, 0.15) is 18.2 Å². The summed E-state index contributed by atoms with van der Waals surface area (Å²) in [6.45, 7) is 5.48. The number of amides is 1. The zero-order chi connectivity index (χ0) is 21.3. The van der Waals surface area contributed by atoms with Crippen molar-refractivity contribution < 1.29 is 24.2 Å². The van der Waals surface area contributed by atoms with Gasteiger partial charge in [-0.1, -0.05) is 54.6 Å². The van der Waals surface area contributed by atoms with Gasteiger partial charge in [-0.15, -0.1) is 0 Å². The number of aliphatic hydroxyl groups is 1. The van der Waals surface area contributed by atoms with Gasteiger partial charge in [0.2, 0.25) is 0 Å². The Morgan fingerprint density at radius 3 is 2.17 bits per heavy atom. The van der Waals surface area contributed by atoms with Gasteiger partial charge < -0.3 is 19.9 Å². The van der Waals surface area contributed by atoms with Crippen molar-refractivity contribution in [2.75, 3.05) is 6.61 Å². The number of nitrogens with one attached hydrogen (secondary N) is 1. The highest BCUT2D eigenvalue weighted by atomic mass is 16.6. The molecule has 29 heavy (non-hydrogen) atoms. The van der Waals surface area contributed by atoms with Gasteiger partial charge in [-0.05, 0) is 43.9 Å². The molecule has 0 aliphatic heterocycles. The van der Waals surface area contributed by atoms with Crippen LogP contribution in [0.5, 0.6) is 0 Å². The third-order valence-corrected chi connectivity index (χ3v) is 4.06. The minimum Gasteiger partial charge on any atom is -0.459 e. The Morgan fingerprint density at radius 2 is 1.59 bits per heavy atom.